The summed E-state index contributed by atoms with van der Waals surface area (Å²) in [5.74, 6) is -0.961. The molecule has 0 bridgehead atoms. The third-order valence-corrected chi connectivity index (χ3v) is 5.37. The minimum absolute atomic E-state index is 0.0227. The van der Waals surface area contributed by atoms with Crippen LogP contribution >= 0.6 is 0 Å². The smallest absolute Gasteiger partial charge is 0.387 e. The highest BCUT2D eigenvalue weighted by atomic mass is 19.3. The number of carbonyl (C=O) groups excluding carboxylic acids is 1. The number of ether oxygens (including phenoxy) is 1. The van der Waals surface area contributed by atoms with E-state index in [9.17, 15) is 18.4 Å². The summed E-state index contributed by atoms with van der Waals surface area (Å²) >= 11 is 0. The second kappa shape index (κ2) is 8.54. The Balaban J connectivity index is 1.56. The first-order chi connectivity index (χ1) is 12.9. The Labute approximate surface area is 156 Å². The number of aryl methyl sites for hydroxylation is 1. The van der Waals surface area contributed by atoms with E-state index in [-0.39, 0.29) is 29.8 Å². The average Bonchev–Trinajstić information content (AvgIpc) is 2.61. The molecule has 8 heteroatoms. The van der Waals surface area contributed by atoms with Crippen LogP contribution in [0.15, 0.2) is 18.2 Å². The normalized spacial score (nSPS) is 24.8. The highest BCUT2D eigenvalue weighted by Crippen LogP contribution is 2.32. The molecule has 0 aliphatic heterocycles. The lowest BCUT2D eigenvalue weighted by molar-refractivity contribution is -0.142. The van der Waals surface area contributed by atoms with E-state index < -0.39 is 12.6 Å². The molecule has 0 spiro atoms. The standard InChI is InChI=1S/C19H24F2N2O4/c20-18(21)27-14-8-9-15-12(10-14)2-1-3-16(15)23-19(26)22-13-6-4-11(5-7-13)17(24)25/h8-11,13,16,18H,1-7H2,(H,24,25)(H2,22,23,26). The van der Waals surface area contributed by atoms with Gasteiger partial charge in [-0.25, -0.2) is 4.79 Å². The summed E-state index contributed by atoms with van der Waals surface area (Å²) < 4.78 is 29.2. The van der Waals surface area contributed by atoms with Crippen molar-refractivity contribution in [1.82, 2.24) is 10.6 Å². The van der Waals surface area contributed by atoms with E-state index in [2.05, 4.69) is 15.4 Å². The first-order valence-corrected chi connectivity index (χ1v) is 9.30. The minimum Gasteiger partial charge on any atom is -0.481 e. The van der Waals surface area contributed by atoms with Gasteiger partial charge in [0, 0.05) is 6.04 Å². The van der Waals surface area contributed by atoms with Crippen molar-refractivity contribution in [2.75, 3.05) is 0 Å². The number of carbonyl (C=O) groups is 2. The van der Waals surface area contributed by atoms with Gasteiger partial charge in [0.2, 0.25) is 0 Å². The molecule has 1 fully saturated rings. The van der Waals surface area contributed by atoms with Gasteiger partial charge in [-0.15, -0.1) is 0 Å². The Morgan fingerprint density at radius 3 is 2.52 bits per heavy atom. The summed E-state index contributed by atoms with van der Waals surface area (Å²) in [6.45, 7) is -2.86. The maximum atomic E-state index is 12.4. The second-order valence-corrected chi connectivity index (χ2v) is 7.19. The van der Waals surface area contributed by atoms with Crippen molar-refractivity contribution in [2.24, 2.45) is 5.92 Å². The average molecular weight is 382 g/mol. The van der Waals surface area contributed by atoms with Gasteiger partial charge in [0.25, 0.3) is 0 Å². The molecule has 2 amide bonds. The molecule has 27 heavy (non-hydrogen) atoms. The predicted octanol–water partition coefficient (Wildman–Crippen LogP) is 3.61. The number of carboxylic acids is 1. The minimum atomic E-state index is -2.86. The zero-order valence-corrected chi connectivity index (χ0v) is 14.9. The topological polar surface area (TPSA) is 87.7 Å². The molecule has 0 heterocycles. The lowest BCUT2D eigenvalue weighted by atomic mass is 9.86. The summed E-state index contributed by atoms with van der Waals surface area (Å²) in [6, 6.07) is 4.36. The number of amides is 2. The lowest BCUT2D eigenvalue weighted by Gasteiger charge is -2.30. The molecule has 1 aromatic rings. The number of hydrogen-bond acceptors (Lipinski definition) is 3. The third-order valence-electron chi connectivity index (χ3n) is 5.37. The number of halogens is 2. The van der Waals surface area contributed by atoms with Gasteiger partial charge in [-0.05, 0) is 68.2 Å². The lowest BCUT2D eigenvalue weighted by Crippen LogP contribution is -2.45. The third kappa shape index (κ3) is 5.08. The van der Waals surface area contributed by atoms with Crippen LogP contribution in [-0.2, 0) is 11.2 Å². The van der Waals surface area contributed by atoms with Crippen LogP contribution in [0.4, 0.5) is 13.6 Å². The number of rotatable bonds is 5. The number of alkyl halides is 2. The first kappa shape index (κ1) is 19.4. The van der Waals surface area contributed by atoms with E-state index in [1.165, 1.54) is 6.07 Å². The molecule has 0 radical (unpaired) electrons. The van der Waals surface area contributed by atoms with E-state index in [0.717, 1.165) is 30.4 Å². The fourth-order valence-electron chi connectivity index (χ4n) is 3.99. The Hall–Kier alpha value is -2.38. The van der Waals surface area contributed by atoms with Gasteiger partial charge >= 0.3 is 18.6 Å². The summed E-state index contributed by atoms with van der Waals surface area (Å²) in [4.78, 5) is 23.4. The summed E-state index contributed by atoms with van der Waals surface area (Å²) in [5.41, 5.74) is 1.83. The summed E-state index contributed by atoms with van der Waals surface area (Å²) in [7, 11) is 0. The maximum Gasteiger partial charge on any atom is 0.387 e. The SMILES string of the molecule is O=C(NC1CCC(C(=O)O)CC1)NC1CCCc2cc(OC(F)F)ccc21. The molecule has 148 valence electrons. The Morgan fingerprint density at radius 2 is 1.85 bits per heavy atom. The number of carboxylic acid groups (broad SMARTS) is 1. The number of benzene rings is 1. The van der Waals surface area contributed by atoms with Crippen molar-refractivity contribution >= 4 is 12.0 Å². The van der Waals surface area contributed by atoms with Crippen LogP contribution in [0.25, 0.3) is 0 Å². The molecular weight excluding hydrogens is 358 g/mol. The van der Waals surface area contributed by atoms with Crippen LogP contribution in [0.1, 0.15) is 55.7 Å². The zero-order chi connectivity index (χ0) is 19.4. The number of nitrogens with one attached hydrogen (secondary N) is 2. The van der Waals surface area contributed by atoms with Crippen molar-refractivity contribution in [2.45, 2.75) is 63.6 Å². The van der Waals surface area contributed by atoms with E-state index in [4.69, 9.17) is 5.11 Å². The molecule has 3 N–H and O–H groups in total. The zero-order valence-electron chi connectivity index (χ0n) is 14.9. The molecule has 6 nitrogen and oxygen atoms in total. The largest absolute Gasteiger partial charge is 0.481 e. The molecule has 0 aromatic heterocycles. The van der Waals surface area contributed by atoms with Crippen molar-refractivity contribution < 1.29 is 28.2 Å². The van der Waals surface area contributed by atoms with E-state index >= 15 is 0 Å². The van der Waals surface area contributed by atoms with E-state index in [1.807, 2.05) is 0 Å². The van der Waals surface area contributed by atoms with Crippen molar-refractivity contribution in [3.8, 4) is 5.75 Å². The number of hydrogen-bond donors (Lipinski definition) is 3. The molecule has 1 saturated carbocycles. The van der Waals surface area contributed by atoms with Crippen LogP contribution in [-0.4, -0.2) is 29.8 Å². The second-order valence-electron chi connectivity index (χ2n) is 7.19. The van der Waals surface area contributed by atoms with Gasteiger partial charge in [-0.1, -0.05) is 6.07 Å². The van der Waals surface area contributed by atoms with Gasteiger partial charge in [-0.3, -0.25) is 4.79 Å². The molecule has 3 rings (SSSR count). The molecule has 2 aliphatic carbocycles. The highest BCUT2D eigenvalue weighted by Gasteiger charge is 2.28. The van der Waals surface area contributed by atoms with Crippen LogP contribution < -0.4 is 15.4 Å². The quantitative estimate of drug-likeness (QED) is 0.726. The Kier molecular flexibility index (Phi) is 6.13. The van der Waals surface area contributed by atoms with Gasteiger partial charge in [0.05, 0.1) is 12.0 Å². The van der Waals surface area contributed by atoms with Crippen LogP contribution in [0, 0.1) is 5.92 Å². The van der Waals surface area contributed by atoms with Gasteiger partial charge in [0.15, 0.2) is 0 Å². The highest BCUT2D eigenvalue weighted by molar-refractivity contribution is 5.75. The summed E-state index contributed by atoms with van der Waals surface area (Å²) in [5, 5.41) is 14.9. The maximum absolute atomic E-state index is 12.4. The summed E-state index contributed by atoms with van der Waals surface area (Å²) in [6.07, 6.45) is 4.83. The van der Waals surface area contributed by atoms with Crippen LogP contribution in [0.3, 0.4) is 0 Å². The molecule has 0 saturated heterocycles. The van der Waals surface area contributed by atoms with Gasteiger partial charge in [-0.2, -0.15) is 8.78 Å². The molecule has 1 unspecified atom stereocenters. The molecule has 1 aromatic carbocycles. The van der Waals surface area contributed by atoms with Gasteiger partial charge < -0.3 is 20.5 Å². The monoisotopic (exact) mass is 382 g/mol. The Morgan fingerprint density at radius 1 is 1.11 bits per heavy atom. The number of urea groups is 1. The van der Waals surface area contributed by atoms with E-state index in [0.29, 0.717) is 25.7 Å². The Bertz CT molecular complexity index is 690. The number of aliphatic carboxylic acids is 1. The van der Waals surface area contributed by atoms with Crippen LogP contribution in [0.2, 0.25) is 0 Å². The predicted molar refractivity (Wildman–Crippen MR) is 93.8 cm³/mol. The molecule has 2 aliphatic rings. The van der Waals surface area contributed by atoms with Crippen molar-refractivity contribution in [1.29, 1.82) is 0 Å². The van der Waals surface area contributed by atoms with Crippen LogP contribution in [0.5, 0.6) is 5.75 Å². The first-order valence-electron chi connectivity index (χ1n) is 9.30. The number of fused-ring (bicyclic) bond motifs is 1. The van der Waals surface area contributed by atoms with Crippen molar-refractivity contribution in [3.05, 3.63) is 29.3 Å². The fourth-order valence-corrected chi connectivity index (χ4v) is 3.99. The van der Waals surface area contributed by atoms with Crippen molar-refractivity contribution in [3.63, 3.8) is 0 Å². The molecular formula is C19H24F2N2O4. The van der Waals surface area contributed by atoms with Gasteiger partial charge in [0.1, 0.15) is 5.75 Å². The molecule has 1 atom stereocenters. The van der Waals surface area contributed by atoms with E-state index in [1.54, 1.807) is 12.1 Å². The fraction of sp³-hybridized carbons (Fsp3) is 0.579.